The van der Waals surface area contributed by atoms with Crippen molar-refractivity contribution in [3.8, 4) is 0 Å². The first-order chi connectivity index (χ1) is 15.3. The fraction of sp³-hybridized carbons (Fsp3) is 1.00. The van der Waals surface area contributed by atoms with E-state index < -0.39 is 0 Å². The first-order valence-electron chi connectivity index (χ1n) is 15.3. The second-order valence-electron chi connectivity index (χ2n) is 10.7. The molecule has 0 nitrogen and oxygen atoms in total. The SMILES string of the molecule is CCCCCCCCCCC(CCCCCCCCCC)CCCCCCCCCC. The van der Waals surface area contributed by atoms with E-state index in [9.17, 15) is 0 Å². The Morgan fingerprint density at radius 2 is 0.452 bits per heavy atom. The van der Waals surface area contributed by atoms with Gasteiger partial charge in [0.15, 0.2) is 0 Å². The predicted octanol–water partition coefficient (Wildman–Crippen LogP) is 12.2. The zero-order valence-electron chi connectivity index (χ0n) is 22.7. The molecule has 0 saturated carbocycles. The van der Waals surface area contributed by atoms with Gasteiger partial charge >= 0.3 is 0 Å². The molecule has 0 atom stereocenters. The highest BCUT2D eigenvalue weighted by Gasteiger charge is 2.09. The zero-order valence-corrected chi connectivity index (χ0v) is 22.7. The maximum Gasteiger partial charge on any atom is -0.0414 e. The third kappa shape index (κ3) is 26.1. The molecule has 188 valence electrons. The van der Waals surface area contributed by atoms with Crippen molar-refractivity contribution in [2.75, 3.05) is 0 Å². The van der Waals surface area contributed by atoms with Gasteiger partial charge in [0.25, 0.3) is 0 Å². The maximum absolute atomic E-state index is 2.32. The summed E-state index contributed by atoms with van der Waals surface area (Å²) in [6, 6.07) is 0. The minimum absolute atomic E-state index is 1.04. The van der Waals surface area contributed by atoms with Gasteiger partial charge in [-0.3, -0.25) is 0 Å². The lowest BCUT2D eigenvalue weighted by Crippen LogP contribution is -2.01. The summed E-state index contributed by atoms with van der Waals surface area (Å²) in [6.45, 7) is 6.96. The molecule has 0 aliphatic rings. The average molecular weight is 437 g/mol. The van der Waals surface area contributed by atoms with Crippen LogP contribution in [0.4, 0.5) is 0 Å². The van der Waals surface area contributed by atoms with Crippen LogP contribution in [0.25, 0.3) is 0 Å². The lowest BCUT2D eigenvalue weighted by Gasteiger charge is -2.17. The van der Waals surface area contributed by atoms with Gasteiger partial charge in [-0.25, -0.2) is 0 Å². The van der Waals surface area contributed by atoms with Gasteiger partial charge in [0.05, 0.1) is 0 Å². The fourth-order valence-corrected chi connectivity index (χ4v) is 5.13. The van der Waals surface area contributed by atoms with Crippen molar-refractivity contribution in [1.29, 1.82) is 0 Å². The summed E-state index contributed by atoms with van der Waals surface area (Å²) in [5, 5.41) is 0. The standard InChI is InChI=1S/C31H64/c1-4-7-10-13-16-19-22-25-28-31(29-26-23-20-17-14-11-8-5-2)30-27-24-21-18-15-12-9-6-3/h31H,4-30H2,1-3H3. The van der Waals surface area contributed by atoms with Crippen LogP contribution in [0.2, 0.25) is 0 Å². The van der Waals surface area contributed by atoms with Crippen LogP contribution in [-0.2, 0) is 0 Å². The van der Waals surface area contributed by atoms with E-state index in [4.69, 9.17) is 0 Å². The minimum Gasteiger partial charge on any atom is -0.0654 e. The summed E-state index contributed by atoms with van der Waals surface area (Å²) in [6.07, 6.45) is 39.8. The van der Waals surface area contributed by atoms with Crippen molar-refractivity contribution >= 4 is 0 Å². The summed E-state index contributed by atoms with van der Waals surface area (Å²) in [5.74, 6) is 1.04. The second-order valence-corrected chi connectivity index (χ2v) is 10.7. The molecule has 0 unspecified atom stereocenters. The summed E-state index contributed by atoms with van der Waals surface area (Å²) in [4.78, 5) is 0. The van der Waals surface area contributed by atoms with Gasteiger partial charge in [0, 0.05) is 0 Å². The summed E-state index contributed by atoms with van der Waals surface area (Å²) >= 11 is 0. The third-order valence-corrected chi connectivity index (χ3v) is 7.40. The molecule has 0 aromatic rings. The van der Waals surface area contributed by atoms with Crippen molar-refractivity contribution in [1.82, 2.24) is 0 Å². The number of unbranched alkanes of at least 4 members (excludes halogenated alkanes) is 21. The van der Waals surface area contributed by atoms with Crippen molar-refractivity contribution < 1.29 is 0 Å². The minimum atomic E-state index is 1.04. The maximum atomic E-state index is 2.32. The van der Waals surface area contributed by atoms with Crippen molar-refractivity contribution in [2.24, 2.45) is 5.92 Å². The Balaban J connectivity index is 3.82. The Hall–Kier alpha value is 0. The molecular weight excluding hydrogens is 372 g/mol. The molecule has 31 heavy (non-hydrogen) atoms. The highest BCUT2D eigenvalue weighted by atomic mass is 14.1. The molecule has 0 N–H and O–H groups in total. The normalized spacial score (nSPS) is 11.6. The Kier molecular flexibility index (Phi) is 28.0. The van der Waals surface area contributed by atoms with E-state index >= 15 is 0 Å². The topological polar surface area (TPSA) is 0 Å². The molecular formula is C31H64. The molecule has 0 aromatic carbocycles. The molecule has 0 radical (unpaired) electrons. The predicted molar refractivity (Wildman–Crippen MR) is 145 cm³/mol. The van der Waals surface area contributed by atoms with E-state index in [1.807, 2.05) is 0 Å². The monoisotopic (exact) mass is 437 g/mol. The van der Waals surface area contributed by atoms with E-state index in [1.54, 1.807) is 0 Å². The van der Waals surface area contributed by atoms with E-state index in [1.165, 1.54) is 173 Å². The molecule has 0 aliphatic carbocycles. The van der Waals surface area contributed by atoms with Crippen molar-refractivity contribution in [3.05, 3.63) is 0 Å². The molecule has 0 bridgehead atoms. The Labute approximate surface area is 200 Å². The van der Waals surface area contributed by atoms with Gasteiger partial charge in [-0.2, -0.15) is 0 Å². The number of hydrogen-bond acceptors (Lipinski definition) is 0. The first kappa shape index (κ1) is 31.0. The van der Waals surface area contributed by atoms with Gasteiger partial charge < -0.3 is 0 Å². The van der Waals surface area contributed by atoms with E-state index in [2.05, 4.69) is 20.8 Å². The molecule has 0 aliphatic heterocycles. The van der Waals surface area contributed by atoms with Gasteiger partial charge in [0.2, 0.25) is 0 Å². The molecule has 0 heteroatoms. The molecule has 0 saturated heterocycles. The van der Waals surface area contributed by atoms with Crippen LogP contribution in [0.15, 0.2) is 0 Å². The molecule has 0 aromatic heterocycles. The average Bonchev–Trinajstić information content (AvgIpc) is 2.78. The van der Waals surface area contributed by atoms with Crippen LogP contribution < -0.4 is 0 Å². The molecule has 0 spiro atoms. The van der Waals surface area contributed by atoms with Crippen LogP contribution in [0.5, 0.6) is 0 Å². The highest BCUT2D eigenvalue weighted by molar-refractivity contribution is 4.62. The Bertz CT molecular complexity index is 247. The fourth-order valence-electron chi connectivity index (χ4n) is 5.13. The van der Waals surface area contributed by atoms with Crippen LogP contribution in [0.3, 0.4) is 0 Å². The zero-order chi connectivity index (χ0) is 22.7. The number of rotatable bonds is 27. The molecule has 0 rings (SSSR count). The largest absolute Gasteiger partial charge is 0.0654 e. The van der Waals surface area contributed by atoms with Crippen LogP contribution in [-0.4, -0.2) is 0 Å². The summed E-state index contributed by atoms with van der Waals surface area (Å²) < 4.78 is 0. The summed E-state index contributed by atoms with van der Waals surface area (Å²) in [5.41, 5.74) is 0. The van der Waals surface area contributed by atoms with E-state index in [0.29, 0.717) is 0 Å². The van der Waals surface area contributed by atoms with Crippen molar-refractivity contribution in [3.63, 3.8) is 0 Å². The Morgan fingerprint density at radius 3 is 0.677 bits per heavy atom. The quantitative estimate of drug-likeness (QED) is 0.112. The van der Waals surface area contributed by atoms with Crippen LogP contribution >= 0.6 is 0 Å². The van der Waals surface area contributed by atoms with Gasteiger partial charge in [0.1, 0.15) is 0 Å². The van der Waals surface area contributed by atoms with E-state index in [-0.39, 0.29) is 0 Å². The summed E-state index contributed by atoms with van der Waals surface area (Å²) in [7, 11) is 0. The van der Waals surface area contributed by atoms with Crippen LogP contribution in [0.1, 0.15) is 194 Å². The van der Waals surface area contributed by atoms with Gasteiger partial charge in [-0.1, -0.05) is 194 Å². The molecule has 0 heterocycles. The van der Waals surface area contributed by atoms with Gasteiger partial charge in [-0.05, 0) is 5.92 Å². The Morgan fingerprint density at radius 1 is 0.258 bits per heavy atom. The first-order valence-corrected chi connectivity index (χ1v) is 15.3. The molecule has 0 amide bonds. The van der Waals surface area contributed by atoms with Crippen molar-refractivity contribution in [2.45, 2.75) is 194 Å². The third-order valence-electron chi connectivity index (χ3n) is 7.40. The smallest absolute Gasteiger partial charge is 0.0414 e. The van der Waals surface area contributed by atoms with Crippen LogP contribution in [0, 0.1) is 5.92 Å². The van der Waals surface area contributed by atoms with Gasteiger partial charge in [-0.15, -0.1) is 0 Å². The molecule has 0 fully saturated rings. The second kappa shape index (κ2) is 28.0. The van der Waals surface area contributed by atoms with E-state index in [0.717, 1.165) is 5.92 Å². The lowest BCUT2D eigenvalue weighted by atomic mass is 9.89. The highest BCUT2D eigenvalue weighted by Crippen LogP contribution is 2.25. The number of hydrogen-bond donors (Lipinski definition) is 0. The lowest BCUT2D eigenvalue weighted by molar-refractivity contribution is 0.365.